The van der Waals surface area contributed by atoms with E-state index < -0.39 is 5.97 Å². The van der Waals surface area contributed by atoms with Crippen LogP contribution < -0.4 is 5.43 Å². The molecule has 33 heavy (non-hydrogen) atoms. The molecule has 0 aromatic heterocycles. The third-order valence-corrected chi connectivity index (χ3v) is 6.02. The zero-order valence-electron chi connectivity index (χ0n) is 17.2. The zero-order chi connectivity index (χ0) is 22.7. The SMILES string of the molecule is O=C(O)c1cc2cc3ccccc3cc2cc1-c1c2ccc(=O)cc-2oc2cc(O)ccc12. The molecule has 0 unspecified atom stereocenters. The Hall–Kier alpha value is -4.64. The molecule has 5 nitrogen and oxygen atoms in total. The summed E-state index contributed by atoms with van der Waals surface area (Å²) in [6.07, 6.45) is 0. The molecule has 0 saturated carbocycles. The third-order valence-electron chi connectivity index (χ3n) is 6.02. The van der Waals surface area contributed by atoms with Crippen molar-refractivity contribution in [3.8, 4) is 28.2 Å². The van der Waals surface area contributed by atoms with Crippen LogP contribution in [0.4, 0.5) is 0 Å². The molecule has 0 saturated heterocycles. The standard InChI is InChI=1S/C28H16O5/c29-19-5-7-21-25(13-19)33-26-14-20(30)6-8-22(26)27(21)23-11-17-9-15-3-1-2-4-16(15)10-18(17)12-24(23)28(31)32/h1-14,29H,(H,31,32). The molecule has 0 radical (unpaired) electrons. The number of benzene rings is 5. The summed E-state index contributed by atoms with van der Waals surface area (Å²) >= 11 is 0. The van der Waals surface area contributed by atoms with Gasteiger partial charge in [0.2, 0.25) is 0 Å². The van der Waals surface area contributed by atoms with Crippen molar-refractivity contribution < 1.29 is 19.4 Å². The van der Waals surface area contributed by atoms with Gasteiger partial charge < -0.3 is 14.6 Å². The Morgan fingerprint density at radius 2 is 1.45 bits per heavy atom. The van der Waals surface area contributed by atoms with Crippen LogP contribution >= 0.6 is 0 Å². The number of hydrogen-bond acceptors (Lipinski definition) is 4. The highest BCUT2D eigenvalue weighted by Crippen LogP contribution is 2.43. The van der Waals surface area contributed by atoms with Crippen LogP contribution in [0.15, 0.2) is 94.1 Å². The summed E-state index contributed by atoms with van der Waals surface area (Å²) in [5.41, 5.74) is 2.05. The molecular weight excluding hydrogens is 416 g/mol. The van der Waals surface area contributed by atoms with Crippen LogP contribution in [0.3, 0.4) is 0 Å². The quantitative estimate of drug-likeness (QED) is 0.315. The van der Waals surface area contributed by atoms with Crippen molar-refractivity contribution >= 4 is 38.5 Å². The van der Waals surface area contributed by atoms with Crippen molar-refractivity contribution in [3.05, 3.63) is 101 Å². The summed E-state index contributed by atoms with van der Waals surface area (Å²) in [4.78, 5) is 24.4. The molecule has 5 heteroatoms. The normalized spacial score (nSPS) is 11.5. The lowest BCUT2D eigenvalue weighted by molar-refractivity contribution is 0.0698. The molecule has 6 rings (SSSR count). The Morgan fingerprint density at radius 1 is 0.727 bits per heavy atom. The first-order valence-electron chi connectivity index (χ1n) is 10.4. The highest BCUT2D eigenvalue weighted by molar-refractivity contribution is 6.11. The molecule has 1 heterocycles. The topological polar surface area (TPSA) is 87.7 Å². The zero-order valence-corrected chi connectivity index (χ0v) is 17.2. The Balaban J connectivity index is 1.79. The first-order valence-corrected chi connectivity index (χ1v) is 10.4. The van der Waals surface area contributed by atoms with Gasteiger partial charge in [-0.15, -0.1) is 0 Å². The summed E-state index contributed by atoms with van der Waals surface area (Å²) in [7, 11) is 0. The van der Waals surface area contributed by atoms with Crippen LogP contribution in [0.1, 0.15) is 10.4 Å². The summed E-state index contributed by atoms with van der Waals surface area (Å²) in [6.45, 7) is 0. The van der Waals surface area contributed by atoms with Crippen LogP contribution in [0.5, 0.6) is 5.75 Å². The molecule has 1 aliphatic heterocycles. The summed E-state index contributed by atoms with van der Waals surface area (Å²) in [5.74, 6) is -0.717. The van der Waals surface area contributed by atoms with E-state index in [4.69, 9.17) is 4.42 Å². The number of carboxylic acid groups (broad SMARTS) is 1. The minimum absolute atomic E-state index is 0.0123. The Kier molecular flexibility index (Phi) is 4.01. The Bertz CT molecular complexity index is 1780. The van der Waals surface area contributed by atoms with E-state index >= 15 is 0 Å². The molecule has 158 valence electrons. The summed E-state index contributed by atoms with van der Waals surface area (Å²) in [5, 5.41) is 24.6. The van der Waals surface area contributed by atoms with E-state index in [1.54, 1.807) is 18.2 Å². The van der Waals surface area contributed by atoms with Gasteiger partial charge >= 0.3 is 5.97 Å². The highest BCUT2D eigenvalue weighted by atomic mass is 16.4. The van der Waals surface area contributed by atoms with Gasteiger partial charge in [-0.05, 0) is 75.6 Å². The van der Waals surface area contributed by atoms with Gasteiger partial charge in [-0.3, -0.25) is 4.79 Å². The molecule has 2 N–H and O–H groups in total. The van der Waals surface area contributed by atoms with E-state index in [2.05, 4.69) is 0 Å². The van der Waals surface area contributed by atoms with E-state index in [0.29, 0.717) is 33.4 Å². The maximum Gasteiger partial charge on any atom is 0.336 e. The number of phenols is 1. The number of carboxylic acids is 1. The molecule has 0 spiro atoms. The maximum absolute atomic E-state index is 12.4. The second kappa shape index (κ2) is 6.93. The molecule has 4 aromatic carbocycles. The number of aromatic hydroxyl groups is 1. The fourth-order valence-corrected chi connectivity index (χ4v) is 4.53. The molecular formula is C28H16O5. The van der Waals surface area contributed by atoms with Gasteiger partial charge in [0.25, 0.3) is 0 Å². The number of rotatable bonds is 2. The molecule has 0 bridgehead atoms. The van der Waals surface area contributed by atoms with Crippen LogP contribution in [-0.2, 0) is 0 Å². The fraction of sp³-hybridized carbons (Fsp3) is 0. The van der Waals surface area contributed by atoms with E-state index in [1.807, 2.05) is 42.5 Å². The van der Waals surface area contributed by atoms with Crippen molar-refractivity contribution in [1.29, 1.82) is 0 Å². The van der Waals surface area contributed by atoms with Crippen molar-refractivity contribution in [2.24, 2.45) is 0 Å². The second-order valence-electron chi connectivity index (χ2n) is 8.06. The van der Waals surface area contributed by atoms with Crippen molar-refractivity contribution in [3.63, 3.8) is 0 Å². The van der Waals surface area contributed by atoms with Gasteiger partial charge in [-0.2, -0.15) is 0 Å². The number of carbonyl (C=O) groups is 1. The highest BCUT2D eigenvalue weighted by Gasteiger charge is 2.22. The second-order valence-corrected chi connectivity index (χ2v) is 8.06. The molecule has 0 amide bonds. The number of fused-ring (bicyclic) bond motifs is 4. The van der Waals surface area contributed by atoms with E-state index in [1.165, 1.54) is 24.3 Å². The van der Waals surface area contributed by atoms with E-state index in [-0.39, 0.29) is 16.7 Å². The van der Waals surface area contributed by atoms with Crippen LogP contribution in [0, 0.1) is 0 Å². The Labute approximate surface area is 187 Å². The van der Waals surface area contributed by atoms with E-state index in [0.717, 1.165) is 21.5 Å². The number of phenolic OH excluding ortho intramolecular Hbond substituents is 1. The predicted molar refractivity (Wildman–Crippen MR) is 128 cm³/mol. The maximum atomic E-state index is 12.4. The lowest BCUT2D eigenvalue weighted by atomic mass is 9.88. The molecule has 2 aliphatic rings. The smallest absolute Gasteiger partial charge is 0.336 e. The monoisotopic (exact) mass is 432 g/mol. The van der Waals surface area contributed by atoms with Gasteiger partial charge in [-0.1, -0.05) is 24.3 Å². The van der Waals surface area contributed by atoms with E-state index in [9.17, 15) is 19.8 Å². The molecule has 0 atom stereocenters. The minimum atomic E-state index is -1.05. The van der Waals surface area contributed by atoms with Crippen LogP contribution in [0.25, 0.3) is 55.0 Å². The fourth-order valence-electron chi connectivity index (χ4n) is 4.53. The number of hydrogen-bond donors (Lipinski definition) is 2. The van der Waals surface area contributed by atoms with Crippen molar-refractivity contribution in [2.75, 3.05) is 0 Å². The van der Waals surface area contributed by atoms with Crippen molar-refractivity contribution in [1.82, 2.24) is 0 Å². The first-order chi connectivity index (χ1) is 16.0. The van der Waals surface area contributed by atoms with Gasteiger partial charge in [-0.25, -0.2) is 4.79 Å². The lowest BCUT2D eigenvalue weighted by Crippen LogP contribution is -2.03. The molecule has 0 fully saturated rings. The first kappa shape index (κ1) is 19.1. The average Bonchev–Trinajstić information content (AvgIpc) is 2.80. The van der Waals surface area contributed by atoms with Gasteiger partial charge in [0.15, 0.2) is 5.43 Å². The number of aromatic carboxylic acids is 1. The van der Waals surface area contributed by atoms with Gasteiger partial charge in [0, 0.05) is 28.6 Å². The van der Waals surface area contributed by atoms with Gasteiger partial charge in [0.05, 0.1) is 5.56 Å². The third kappa shape index (κ3) is 3.02. The average molecular weight is 432 g/mol. The summed E-state index contributed by atoms with van der Waals surface area (Å²) in [6, 6.07) is 24.7. The minimum Gasteiger partial charge on any atom is -0.508 e. The largest absolute Gasteiger partial charge is 0.508 e. The summed E-state index contributed by atoms with van der Waals surface area (Å²) < 4.78 is 5.91. The van der Waals surface area contributed by atoms with Crippen molar-refractivity contribution in [2.45, 2.75) is 0 Å². The molecule has 1 aliphatic carbocycles. The van der Waals surface area contributed by atoms with Crippen LogP contribution in [-0.4, -0.2) is 16.2 Å². The lowest BCUT2D eigenvalue weighted by Gasteiger charge is -2.17. The Morgan fingerprint density at radius 3 is 2.18 bits per heavy atom. The van der Waals surface area contributed by atoms with Gasteiger partial charge in [0.1, 0.15) is 17.1 Å². The predicted octanol–water partition coefficient (Wildman–Crippen LogP) is 6.28. The van der Waals surface area contributed by atoms with Crippen LogP contribution in [0.2, 0.25) is 0 Å². The molecule has 4 aromatic rings.